The number of ether oxygens (including phenoxy) is 2. The standard InChI is InChI=1S/C14H26N4O5/c1-22-13(20)10-17-5-3-16(9-12(15)19)4-6-18(8-7-17)11-14(21)23-2/h3-11H2,1-2H3,(H2,15,19). The number of amides is 1. The third kappa shape index (κ3) is 7.91. The number of primary amides is 1. The van der Waals surface area contributed by atoms with Crippen LogP contribution in [0.5, 0.6) is 0 Å². The Morgan fingerprint density at radius 1 is 0.739 bits per heavy atom. The molecule has 0 spiro atoms. The molecule has 1 fully saturated rings. The predicted octanol–water partition coefficient (Wildman–Crippen LogP) is -2.26. The SMILES string of the molecule is COC(=O)CN1CCN(CC(N)=O)CCN(CC(=O)OC)CC1. The summed E-state index contributed by atoms with van der Waals surface area (Å²) >= 11 is 0. The average molecular weight is 330 g/mol. The van der Waals surface area contributed by atoms with Gasteiger partial charge in [-0.05, 0) is 0 Å². The number of nitrogens with zero attached hydrogens (tertiary/aromatic N) is 3. The van der Waals surface area contributed by atoms with Crippen LogP contribution in [0.3, 0.4) is 0 Å². The fraction of sp³-hybridized carbons (Fsp3) is 0.786. The monoisotopic (exact) mass is 330 g/mol. The Hall–Kier alpha value is -1.71. The van der Waals surface area contributed by atoms with E-state index in [9.17, 15) is 14.4 Å². The van der Waals surface area contributed by atoms with Gasteiger partial charge in [0.2, 0.25) is 5.91 Å². The van der Waals surface area contributed by atoms with Crippen LogP contribution in [-0.2, 0) is 23.9 Å². The lowest BCUT2D eigenvalue weighted by atomic mass is 10.4. The van der Waals surface area contributed by atoms with E-state index in [0.717, 1.165) is 0 Å². The zero-order valence-electron chi connectivity index (χ0n) is 13.8. The van der Waals surface area contributed by atoms with Gasteiger partial charge in [-0.1, -0.05) is 0 Å². The molecule has 0 aliphatic carbocycles. The van der Waals surface area contributed by atoms with E-state index in [1.165, 1.54) is 14.2 Å². The van der Waals surface area contributed by atoms with E-state index in [1.54, 1.807) is 0 Å². The third-order valence-corrected chi connectivity index (χ3v) is 3.74. The topological polar surface area (TPSA) is 105 Å². The lowest BCUT2D eigenvalue weighted by molar-refractivity contribution is -0.143. The summed E-state index contributed by atoms with van der Waals surface area (Å²) in [5.74, 6) is -1.03. The lowest BCUT2D eigenvalue weighted by Gasteiger charge is -2.24. The van der Waals surface area contributed by atoms with E-state index >= 15 is 0 Å². The normalized spacial score (nSPS) is 18.5. The predicted molar refractivity (Wildman–Crippen MR) is 82.5 cm³/mol. The molecule has 1 aliphatic rings. The van der Waals surface area contributed by atoms with Crippen molar-refractivity contribution < 1.29 is 23.9 Å². The van der Waals surface area contributed by atoms with E-state index in [4.69, 9.17) is 15.2 Å². The molecule has 2 N–H and O–H groups in total. The molecule has 1 rings (SSSR count). The molecule has 1 amide bonds. The van der Waals surface area contributed by atoms with Gasteiger partial charge in [-0.25, -0.2) is 0 Å². The summed E-state index contributed by atoms with van der Waals surface area (Å²) in [4.78, 5) is 39.9. The van der Waals surface area contributed by atoms with Gasteiger partial charge in [0.25, 0.3) is 0 Å². The fourth-order valence-electron chi connectivity index (χ4n) is 2.37. The second-order valence-corrected chi connectivity index (χ2v) is 5.45. The number of methoxy groups -OCH3 is 2. The second-order valence-electron chi connectivity index (χ2n) is 5.45. The number of carbonyl (C=O) groups excluding carboxylic acids is 3. The number of esters is 2. The van der Waals surface area contributed by atoms with E-state index in [-0.39, 0.29) is 31.6 Å². The minimum absolute atomic E-state index is 0.151. The van der Waals surface area contributed by atoms with Crippen molar-refractivity contribution in [1.29, 1.82) is 0 Å². The van der Waals surface area contributed by atoms with Gasteiger partial charge in [-0.3, -0.25) is 29.1 Å². The molecule has 1 saturated heterocycles. The van der Waals surface area contributed by atoms with Crippen molar-refractivity contribution in [3.63, 3.8) is 0 Å². The highest BCUT2D eigenvalue weighted by atomic mass is 16.5. The zero-order valence-corrected chi connectivity index (χ0v) is 13.8. The van der Waals surface area contributed by atoms with Crippen molar-refractivity contribution in [2.75, 3.05) is 73.1 Å². The summed E-state index contributed by atoms with van der Waals surface area (Å²) < 4.78 is 9.40. The van der Waals surface area contributed by atoms with Crippen LogP contribution in [0, 0.1) is 0 Å². The molecule has 0 atom stereocenters. The third-order valence-electron chi connectivity index (χ3n) is 3.74. The first kappa shape index (κ1) is 19.3. The van der Waals surface area contributed by atoms with Crippen LogP contribution >= 0.6 is 0 Å². The summed E-state index contributed by atoms with van der Waals surface area (Å²) in [6, 6.07) is 0. The summed E-state index contributed by atoms with van der Waals surface area (Å²) in [5, 5.41) is 0. The van der Waals surface area contributed by atoms with Crippen molar-refractivity contribution in [3.05, 3.63) is 0 Å². The maximum absolute atomic E-state index is 11.5. The average Bonchev–Trinajstić information content (AvgIpc) is 2.60. The molecule has 0 unspecified atom stereocenters. The van der Waals surface area contributed by atoms with E-state index in [1.807, 2.05) is 14.7 Å². The summed E-state index contributed by atoms with van der Waals surface area (Å²) in [6.07, 6.45) is 0. The molecule has 0 radical (unpaired) electrons. The van der Waals surface area contributed by atoms with E-state index in [0.29, 0.717) is 39.3 Å². The van der Waals surface area contributed by atoms with Gasteiger partial charge in [0.05, 0.1) is 33.9 Å². The first-order valence-electron chi connectivity index (χ1n) is 7.53. The lowest BCUT2D eigenvalue weighted by Crippen LogP contribution is -2.42. The van der Waals surface area contributed by atoms with Crippen molar-refractivity contribution in [2.24, 2.45) is 5.73 Å². The van der Waals surface area contributed by atoms with Gasteiger partial charge < -0.3 is 15.2 Å². The quantitative estimate of drug-likeness (QED) is 0.544. The van der Waals surface area contributed by atoms with E-state index in [2.05, 4.69) is 0 Å². The number of rotatable bonds is 6. The van der Waals surface area contributed by atoms with Crippen LogP contribution in [0.4, 0.5) is 0 Å². The minimum atomic E-state index is -0.400. The molecule has 1 aliphatic heterocycles. The largest absolute Gasteiger partial charge is 0.468 e. The molecule has 23 heavy (non-hydrogen) atoms. The van der Waals surface area contributed by atoms with Gasteiger partial charge in [0.1, 0.15) is 0 Å². The summed E-state index contributed by atoms with van der Waals surface area (Å²) in [6.45, 7) is 4.21. The molecule has 0 saturated carbocycles. The molecule has 0 bridgehead atoms. The van der Waals surface area contributed by atoms with Crippen LogP contribution in [0.15, 0.2) is 0 Å². The van der Waals surface area contributed by atoms with Crippen molar-refractivity contribution >= 4 is 17.8 Å². The van der Waals surface area contributed by atoms with Crippen molar-refractivity contribution in [3.8, 4) is 0 Å². The van der Waals surface area contributed by atoms with Gasteiger partial charge >= 0.3 is 11.9 Å². The molecule has 1 heterocycles. The van der Waals surface area contributed by atoms with Gasteiger partial charge in [0, 0.05) is 39.3 Å². The Morgan fingerprint density at radius 3 is 1.30 bits per heavy atom. The maximum Gasteiger partial charge on any atom is 0.319 e. The molecule has 0 aromatic rings. The van der Waals surface area contributed by atoms with Crippen LogP contribution in [0.2, 0.25) is 0 Å². The molecule has 132 valence electrons. The number of hydrogen-bond acceptors (Lipinski definition) is 8. The Labute approximate surface area is 136 Å². The Balaban J connectivity index is 2.70. The summed E-state index contributed by atoms with van der Waals surface area (Å²) in [5.41, 5.74) is 5.27. The molecule has 9 nitrogen and oxygen atoms in total. The van der Waals surface area contributed by atoms with Crippen LogP contribution < -0.4 is 5.73 Å². The Kier molecular flexibility index (Phi) is 8.52. The first-order chi connectivity index (χ1) is 10.9. The van der Waals surface area contributed by atoms with Crippen molar-refractivity contribution in [1.82, 2.24) is 14.7 Å². The first-order valence-corrected chi connectivity index (χ1v) is 7.53. The smallest absolute Gasteiger partial charge is 0.319 e. The maximum atomic E-state index is 11.5. The molecule has 0 aromatic carbocycles. The van der Waals surface area contributed by atoms with Crippen LogP contribution in [-0.4, -0.2) is 106 Å². The van der Waals surface area contributed by atoms with Gasteiger partial charge in [-0.2, -0.15) is 0 Å². The summed E-state index contributed by atoms with van der Waals surface area (Å²) in [7, 11) is 2.70. The fourth-order valence-corrected chi connectivity index (χ4v) is 2.37. The molecular weight excluding hydrogens is 304 g/mol. The minimum Gasteiger partial charge on any atom is -0.468 e. The molecule has 0 aromatic heterocycles. The van der Waals surface area contributed by atoms with Crippen molar-refractivity contribution in [2.45, 2.75) is 0 Å². The number of nitrogens with two attached hydrogens (primary N) is 1. The number of hydrogen-bond donors (Lipinski definition) is 1. The van der Waals surface area contributed by atoms with Crippen LogP contribution in [0.25, 0.3) is 0 Å². The second kappa shape index (κ2) is 10.1. The van der Waals surface area contributed by atoms with Gasteiger partial charge in [-0.15, -0.1) is 0 Å². The Morgan fingerprint density at radius 2 is 1.04 bits per heavy atom. The number of carbonyl (C=O) groups is 3. The highest BCUT2D eigenvalue weighted by Gasteiger charge is 2.20. The zero-order chi connectivity index (χ0) is 17.2. The molecular formula is C14H26N4O5. The highest BCUT2D eigenvalue weighted by Crippen LogP contribution is 2.01. The van der Waals surface area contributed by atoms with Gasteiger partial charge in [0.15, 0.2) is 0 Å². The highest BCUT2D eigenvalue weighted by molar-refractivity contribution is 5.76. The van der Waals surface area contributed by atoms with E-state index < -0.39 is 5.91 Å². The Bertz CT molecular complexity index is 388. The molecule has 9 heteroatoms. The van der Waals surface area contributed by atoms with Crippen LogP contribution in [0.1, 0.15) is 0 Å².